The van der Waals surface area contributed by atoms with Gasteiger partial charge in [-0.05, 0) is 5.70 Å². The van der Waals surface area contributed by atoms with Gasteiger partial charge in [0.25, 0.3) is 0 Å². The maximum Gasteiger partial charge on any atom is 0.528 e. The number of rotatable bonds is 7. The molecule has 0 aliphatic rings. The third kappa shape index (κ3) is 8.94. The van der Waals surface area contributed by atoms with E-state index in [2.05, 4.69) is 11.3 Å². The van der Waals surface area contributed by atoms with E-state index in [1.807, 2.05) is 0 Å². The van der Waals surface area contributed by atoms with E-state index >= 15 is 0 Å². The Labute approximate surface area is 96.2 Å². The second-order valence-electron chi connectivity index (χ2n) is 2.41. The third-order valence-corrected chi connectivity index (χ3v) is 4.21. The first-order chi connectivity index (χ1) is 7.16. The first-order valence-corrected chi connectivity index (χ1v) is 7.05. The van der Waals surface area contributed by atoms with E-state index in [9.17, 15) is 0 Å². The quantitative estimate of drug-likeness (QED) is 0.454. The molecule has 0 unspecified atom stereocenters. The van der Waals surface area contributed by atoms with Crippen LogP contribution in [0.3, 0.4) is 0 Å². The van der Waals surface area contributed by atoms with Gasteiger partial charge in [0.2, 0.25) is 0 Å². The largest absolute Gasteiger partial charge is 0.528 e. The average molecular weight is 254 g/mol. The van der Waals surface area contributed by atoms with Crippen LogP contribution in [0, 0.1) is 0 Å². The molecule has 92 valence electrons. The summed E-state index contributed by atoms with van der Waals surface area (Å²) in [5.41, 5.74) is 1.58. The fourth-order valence-electron chi connectivity index (χ4n) is 0.667. The lowest BCUT2D eigenvalue weighted by atomic mass is 10.8. The van der Waals surface area contributed by atoms with Crippen LogP contribution in [0.5, 0.6) is 0 Å². The zero-order chi connectivity index (χ0) is 12.2. The second-order valence-corrected chi connectivity index (χ2v) is 5.82. The molecule has 0 saturated carbocycles. The van der Waals surface area contributed by atoms with Crippen LogP contribution in [-0.4, -0.2) is 60.9 Å². The summed E-state index contributed by atoms with van der Waals surface area (Å²) < 4.78 is 24.4. The zero-order valence-corrected chi connectivity index (χ0v) is 13.2. The van der Waals surface area contributed by atoms with Crippen molar-refractivity contribution in [2.45, 2.75) is 0 Å². The lowest BCUT2D eigenvalue weighted by Gasteiger charge is -2.19. The molecular weight excluding hydrogens is 232 g/mol. The molecule has 0 aromatic carbocycles. The normalized spacial score (nSPS) is 10.7. The molecular formula is C8H22O5Si2. The van der Waals surface area contributed by atoms with Gasteiger partial charge in [0.05, 0.1) is 13.2 Å². The van der Waals surface area contributed by atoms with Gasteiger partial charge < -0.3 is 22.4 Å². The molecule has 7 heteroatoms. The smallest absolute Gasteiger partial charge is 0.426 e. The summed E-state index contributed by atoms with van der Waals surface area (Å²) in [6.45, 7) is 5.01. The molecule has 0 atom stereocenters. The van der Waals surface area contributed by atoms with Gasteiger partial charge in [-0.25, -0.2) is 0 Å². The van der Waals surface area contributed by atoms with E-state index in [1.165, 1.54) is 0 Å². The monoisotopic (exact) mass is 254 g/mol. The van der Waals surface area contributed by atoms with Crippen LogP contribution in [0.2, 0.25) is 0 Å². The van der Waals surface area contributed by atoms with Crippen LogP contribution in [-0.2, 0) is 22.4 Å². The van der Waals surface area contributed by atoms with E-state index in [1.54, 1.807) is 34.1 Å². The van der Waals surface area contributed by atoms with Crippen LogP contribution < -0.4 is 0 Å². The van der Waals surface area contributed by atoms with E-state index < -0.39 is 8.80 Å². The summed E-state index contributed by atoms with van der Waals surface area (Å²) in [4.78, 5) is 0. The number of hydrogen-bond acceptors (Lipinski definition) is 5. The number of hydrogen-bond donors (Lipinski definition) is 0. The molecule has 0 aromatic rings. The first-order valence-electron chi connectivity index (χ1n) is 4.43. The topological polar surface area (TPSA) is 46.2 Å². The summed E-state index contributed by atoms with van der Waals surface area (Å²) in [5.74, 6) is 0. The summed E-state index contributed by atoms with van der Waals surface area (Å²) in [6.07, 6.45) is 0. The Morgan fingerprint density at radius 1 is 1.07 bits per heavy atom. The highest BCUT2D eigenvalue weighted by Gasteiger charge is 2.33. The molecule has 0 aromatic heterocycles. The molecule has 0 amide bonds. The van der Waals surface area contributed by atoms with Gasteiger partial charge in [0, 0.05) is 28.4 Å². The van der Waals surface area contributed by atoms with Gasteiger partial charge >= 0.3 is 8.80 Å². The summed E-state index contributed by atoms with van der Waals surface area (Å²) >= 11 is 0. The summed E-state index contributed by atoms with van der Waals surface area (Å²) in [5, 5.41) is 0. The molecule has 0 fully saturated rings. The predicted molar refractivity (Wildman–Crippen MR) is 64.7 cm³/mol. The van der Waals surface area contributed by atoms with Crippen LogP contribution in [0.4, 0.5) is 0 Å². The Hall–Kier alpha value is -0.0262. The molecule has 0 aliphatic heterocycles. The highest BCUT2D eigenvalue weighted by molar-refractivity contribution is 6.66. The van der Waals surface area contributed by atoms with Crippen LogP contribution in [0.15, 0.2) is 12.3 Å². The van der Waals surface area contributed by atoms with Crippen molar-refractivity contribution in [2.24, 2.45) is 0 Å². The van der Waals surface area contributed by atoms with Crippen LogP contribution in [0.25, 0.3) is 0 Å². The van der Waals surface area contributed by atoms with E-state index in [0.29, 0.717) is 0 Å². The maximum atomic E-state index is 4.96. The van der Waals surface area contributed by atoms with Crippen molar-refractivity contribution in [2.75, 3.05) is 41.7 Å². The number of methoxy groups -OCH3 is 1. The van der Waals surface area contributed by atoms with Gasteiger partial charge in [-0.15, -0.1) is 0 Å². The SMILES string of the molecule is C=C[Si](OC)(OC)OC.COCCO[SiH3]. The minimum absolute atomic E-state index is 0.726. The van der Waals surface area contributed by atoms with Crippen molar-refractivity contribution in [1.29, 1.82) is 0 Å². The Bertz CT molecular complexity index is 129. The van der Waals surface area contributed by atoms with Gasteiger partial charge in [-0.1, -0.05) is 6.58 Å². The zero-order valence-electron chi connectivity index (χ0n) is 10.2. The Balaban J connectivity index is 0. The van der Waals surface area contributed by atoms with Crippen LogP contribution in [0.1, 0.15) is 0 Å². The third-order valence-electron chi connectivity index (χ3n) is 1.60. The van der Waals surface area contributed by atoms with E-state index in [0.717, 1.165) is 23.7 Å². The average Bonchev–Trinajstić information content (AvgIpc) is 2.31. The van der Waals surface area contributed by atoms with Gasteiger partial charge in [0.15, 0.2) is 0 Å². The molecule has 5 nitrogen and oxygen atoms in total. The van der Waals surface area contributed by atoms with Crippen molar-refractivity contribution in [3.63, 3.8) is 0 Å². The van der Waals surface area contributed by atoms with Gasteiger partial charge in [-0.2, -0.15) is 0 Å². The fourth-order valence-corrected chi connectivity index (χ4v) is 1.83. The van der Waals surface area contributed by atoms with E-state index in [-0.39, 0.29) is 0 Å². The minimum atomic E-state index is -2.43. The molecule has 0 saturated heterocycles. The van der Waals surface area contributed by atoms with Crippen molar-refractivity contribution >= 4 is 19.3 Å². The molecule has 0 N–H and O–H groups in total. The Morgan fingerprint density at radius 3 is 1.60 bits per heavy atom. The molecule has 15 heavy (non-hydrogen) atoms. The molecule has 0 bridgehead atoms. The standard InChI is InChI=1S/C5H12O3Si.C3H10O2Si/c1-5-9(6-2,7-3)8-4;1-4-2-3-5-6/h5H,1H2,2-4H3;2-3H2,1,6H3. The van der Waals surface area contributed by atoms with Crippen molar-refractivity contribution < 1.29 is 22.4 Å². The predicted octanol–water partition coefficient (Wildman–Crippen LogP) is -0.481. The molecule has 0 heterocycles. The lowest BCUT2D eigenvalue weighted by Crippen LogP contribution is -2.40. The fraction of sp³-hybridized carbons (Fsp3) is 0.750. The van der Waals surface area contributed by atoms with E-state index in [4.69, 9.17) is 17.7 Å². The minimum Gasteiger partial charge on any atom is -0.426 e. The van der Waals surface area contributed by atoms with Crippen molar-refractivity contribution in [3.05, 3.63) is 12.3 Å². The van der Waals surface area contributed by atoms with Gasteiger partial charge in [0.1, 0.15) is 10.5 Å². The highest BCUT2D eigenvalue weighted by atomic mass is 28.4. The Morgan fingerprint density at radius 2 is 1.53 bits per heavy atom. The van der Waals surface area contributed by atoms with Crippen LogP contribution >= 0.6 is 0 Å². The summed E-state index contributed by atoms with van der Waals surface area (Å²) in [7, 11) is 4.69. The first kappa shape index (κ1) is 17.4. The maximum absolute atomic E-state index is 4.96. The molecule has 0 aliphatic carbocycles. The molecule has 0 radical (unpaired) electrons. The van der Waals surface area contributed by atoms with Crippen molar-refractivity contribution in [3.8, 4) is 0 Å². The van der Waals surface area contributed by atoms with Crippen molar-refractivity contribution in [1.82, 2.24) is 0 Å². The number of ether oxygens (including phenoxy) is 1. The molecule has 0 spiro atoms. The Kier molecular flexibility index (Phi) is 13.9. The second kappa shape index (κ2) is 12.0. The van der Waals surface area contributed by atoms with Gasteiger partial charge in [-0.3, -0.25) is 0 Å². The molecule has 0 rings (SSSR count). The summed E-state index contributed by atoms with van der Waals surface area (Å²) in [6, 6.07) is 0. The highest BCUT2D eigenvalue weighted by Crippen LogP contribution is 2.04. The lowest BCUT2D eigenvalue weighted by molar-refractivity contribution is 0.138.